The van der Waals surface area contributed by atoms with Crippen LogP contribution < -0.4 is 4.90 Å². The van der Waals surface area contributed by atoms with Gasteiger partial charge in [0.15, 0.2) is 0 Å². The van der Waals surface area contributed by atoms with E-state index in [-0.39, 0.29) is 0 Å². The molecule has 1 aromatic rings. The van der Waals surface area contributed by atoms with Crippen molar-refractivity contribution >= 4 is 11.7 Å². The van der Waals surface area contributed by atoms with E-state index in [1.165, 1.54) is 19.3 Å². The van der Waals surface area contributed by atoms with Crippen molar-refractivity contribution in [2.45, 2.75) is 26.2 Å². The van der Waals surface area contributed by atoms with Crippen LogP contribution in [-0.4, -0.2) is 25.7 Å². The molecule has 0 bridgehead atoms. The lowest BCUT2D eigenvalue weighted by molar-refractivity contribution is -0.136. The molecule has 1 heterocycles. The largest absolute Gasteiger partial charge is 0.456 e. The number of hydrogen-bond acceptors (Lipinski definition) is 3. The maximum atomic E-state index is 11.3. The van der Waals surface area contributed by atoms with E-state index in [0.29, 0.717) is 6.61 Å². The third-order valence-corrected chi connectivity index (χ3v) is 3.18. The molecule has 1 saturated heterocycles. The van der Waals surface area contributed by atoms with E-state index >= 15 is 0 Å². The van der Waals surface area contributed by atoms with E-state index in [0.717, 1.165) is 24.3 Å². The molecule has 0 unspecified atom stereocenters. The quantitative estimate of drug-likeness (QED) is 0.602. The van der Waals surface area contributed by atoms with E-state index < -0.39 is 5.97 Å². The Balaban J connectivity index is 2.18. The van der Waals surface area contributed by atoms with Crippen molar-refractivity contribution in [3.63, 3.8) is 0 Å². The van der Waals surface area contributed by atoms with Crippen LogP contribution in [0.5, 0.6) is 0 Å². The van der Waals surface area contributed by atoms with Gasteiger partial charge in [0.05, 0.1) is 12.3 Å². The summed E-state index contributed by atoms with van der Waals surface area (Å²) in [5.41, 5.74) is 2.02. The summed E-state index contributed by atoms with van der Waals surface area (Å²) in [5, 5.41) is 0. The van der Waals surface area contributed by atoms with Gasteiger partial charge in [-0.05, 0) is 38.3 Å². The first kappa shape index (κ1) is 13.5. The number of benzene rings is 1. The van der Waals surface area contributed by atoms with Crippen molar-refractivity contribution in [3.05, 3.63) is 29.8 Å². The number of anilines is 1. The van der Waals surface area contributed by atoms with Gasteiger partial charge in [0.25, 0.3) is 0 Å². The molecule has 1 aliphatic heterocycles. The first-order chi connectivity index (χ1) is 9.31. The first-order valence-electron chi connectivity index (χ1n) is 6.84. The normalized spacial score (nSPS) is 14.5. The molecule has 0 amide bonds. The minimum Gasteiger partial charge on any atom is -0.456 e. The van der Waals surface area contributed by atoms with Gasteiger partial charge in [-0.25, -0.2) is 4.79 Å². The van der Waals surface area contributed by atoms with Gasteiger partial charge in [-0.2, -0.15) is 0 Å². The minimum absolute atomic E-state index is 0.362. The van der Waals surface area contributed by atoms with Gasteiger partial charge in [-0.3, -0.25) is 0 Å². The predicted octanol–water partition coefficient (Wildman–Crippen LogP) is 2.59. The fourth-order valence-corrected chi connectivity index (χ4v) is 2.28. The number of esters is 1. The summed E-state index contributed by atoms with van der Waals surface area (Å²) in [5.74, 6) is 5.01. The van der Waals surface area contributed by atoms with Gasteiger partial charge in [0.2, 0.25) is 0 Å². The molecule has 3 heteroatoms. The van der Waals surface area contributed by atoms with Gasteiger partial charge >= 0.3 is 5.97 Å². The van der Waals surface area contributed by atoms with Crippen LogP contribution in [0, 0.1) is 11.8 Å². The average molecular weight is 257 g/mol. The second kappa shape index (κ2) is 6.84. The molecule has 0 radical (unpaired) electrons. The van der Waals surface area contributed by atoms with Gasteiger partial charge in [-0.15, -0.1) is 0 Å². The minimum atomic E-state index is -0.462. The van der Waals surface area contributed by atoms with Crippen LogP contribution in [0.1, 0.15) is 31.7 Å². The summed E-state index contributed by atoms with van der Waals surface area (Å²) in [4.78, 5) is 13.6. The summed E-state index contributed by atoms with van der Waals surface area (Å²) < 4.78 is 4.82. The molecule has 0 spiro atoms. The third kappa shape index (κ3) is 3.75. The second-order valence-electron chi connectivity index (χ2n) is 4.54. The molecule has 0 N–H and O–H groups in total. The molecule has 0 saturated carbocycles. The van der Waals surface area contributed by atoms with E-state index in [4.69, 9.17) is 4.74 Å². The standard InChI is InChI=1S/C16H19NO2/c1-2-19-16(18)11-10-14-8-4-5-9-15(14)17-12-6-3-7-13-17/h4-5,8-9H,2-3,6-7,12-13H2,1H3. The van der Waals surface area contributed by atoms with Crippen molar-refractivity contribution < 1.29 is 9.53 Å². The molecule has 2 rings (SSSR count). The number of ether oxygens (including phenoxy) is 1. The van der Waals surface area contributed by atoms with E-state index in [1.807, 2.05) is 18.2 Å². The van der Waals surface area contributed by atoms with Crippen LogP contribution in [0.4, 0.5) is 5.69 Å². The Bertz CT molecular complexity index is 493. The lowest BCUT2D eigenvalue weighted by atomic mass is 10.1. The van der Waals surface area contributed by atoms with Gasteiger partial charge in [-0.1, -0.05) is 18.1 Å². The SMILES string of the molecule is CCOC(=O)C#Cc1ccccc1N1CCCCC1. The topological polar surface area (TPSA) is 29.5 Å². The summed E-state index contributed by atoms with van der Waals surface area (Å²) >= 11 is 0. The lowest BCUT2D eigenvalue weighted by Crippen LogP contribution is -2.29. The molecular formula is C16H19NO2. The van der Waals surface area contributed by atoms with Gasteiger partial charge < -0.3 is 9.64 Å². The summed E-state index contributed by atoms with van der Waals surface area (Å²) in [7, 11) is 0. The van der Waals surface area contributed by atoms with Gasteiger partial charge in [0.1, 0.15) is 0 Å². The Kier molecular flexibility index (Phi) is 4.85. The number of hydrogen-bond donors (Lipinski definition) is 0. The summed E-state index contributed by atoms with van der Waals surface area (Å²) in [6, 6.07) is 7.98. The van der Waals surface area contributed by atoms with Crippen LogP contribution in [-0.2, 0) is 9.53 Å². The molecule has 0 atom stereocenters. The zero-order valence-electron chi connectivity index (χ0n) is 11.3. The van der Waals surface area contributed by atoms with Crippen LogP contribution in [0.3, 0.4) is 0 Å². The fraction of sp³-hybridized carbons (Fsp3) is 0.438. The molecule has 19 heavy (non-hydrogen) atoms. The van der Waals surface area contributed by atoms with Crippen molar-refractivity contribution in [1.29, 1.82) is 0 Å². The molecule has 3 nitrogen and oxygen atoms in total. The second-order valence-corrected chi connectivity index (χ2v) is 4.54. The highest BCUT2D eigenvalue weighted by atomic mass is 16.5. The Labute approximate surface area is 114 Å². The third-order valence-electron chi connectivity index (χ3n) is 3.18. The van der Waals surface area contributed by atoms with Crippen LogP contribution in [0.15, 0.2) is 24.3 Å². The Hall–Kier alpha value is -1.95. The number of piperidine rings is 1. The highest BCUT2D eigenvalue weighted by Crippen LogP contribution is 2.23. The molecule has 1 fully saturated rings. The van der Waals surface area contributed by atoms with Crippen LogP contribution >= 0.6 is 0 Å². The summed E-state index contributed by atoms with van der Waals surface area (Å²) in [6.07, 6.45) is 3.74. The zero-order chi connectivity index (χ0) is 13.5. The zero-order valence-corrected chi connectivity index (χ0v) is 11.3. The molecule has 1 aromatic carbocycles. The first-order valence-corrected chi connectivity index (χ1v) is 6.84. The van der Waals surface area contributed by atoms with Crippen molar-refractivity contribution in [2.24, 2.45) is 0 Å². The van der Waals surface area contributed by atoms with Crippen molar-refractivity contribution in [3.8, 4) is 11.8 Å². The number of carbonyl (C=O) groups excluding carboxylic acids is 1. The van der Waals surface area contributed by atoms with E-state index in [9.17, 15) is 4.79 Å². The monoisotopic (exact) mass is 257 g/mol. The number of rotatable bonds is 2. The number of nitrogens with zero attached hydrogens (tertiary/aromatic N) is 1. The molecule has 0 aromatic heterocycles. The maximum Gasteiger partial charge on any atom is 0.384 e. The van der Waals surface area contributed by atoms with E-state index in [2.05, 4.69) is 22.8 Å². The fourth-order valence-electron chi connectivity index (χ4n) is 2.28. The van der Waals surface area contributed by atoms with E-state index in [1.54, 1.807) is 6.92 Å². The maximum absolute atomic E-state index is 11.3. The molecule has 0 aliphatic carbocycles. The average Bonchev–Trinajstić information content (AvgIpc) is 2.47. The summed E-state index contributed by atoms with van der Waals surface area (Å²) in [6.45, 7) is 4.28. The van der Waals surface area contributed by atoms with Crippen molar-refractivity contribution in [1.82, 2.24) is 0 Å². The predicted molar refractivity (Wildman–Crippen MR) is 76.0 cm³/mol. The Morgan fingerprint density at radius 2 is 2.00 bits per heavy atom. The Morgan fingerprint density at radius 1 is 1.26 bits per heavy atom. The Morgan fingerprint density at radius 3 is 2.74 bits per heavy atom. The lowest BCUT2D eigenvalue weighted by Gasteiger charge is -2.29. The number of carbonyl (C=O) groups is 1. The molecule has 1 aliphatic rings. The van der Waals surface area contributed by atoms with Crippen LogP contribution in [0.2, 0.25) is 0 Å². The van der Waals surface area contributed by atoms with Crippen LogP contribution in [0.25, 0.3) is 0 Å². The highest BCUT2D eigenvalue weighted by molar-refractivity contribution is 5.89. The molecule has 100 valence electrons. The number of para-hydroxylation sites is 1. The highest BCUT2D eigenvalue weighted by Gasteiger charge is 2.13. The van der Waals surface area contributed by atoms with Crippen molar-refractivity contribution in [2.75, 3.05) is 24.6 Å². The van der Waals surface area contributed by atoms with Gasteiger partial charge in [0, 0.05) is 24.6 Å². The smallest absolute Gasteiger partial charge is 0.384 e. The molecular weight excluding hydrogens is 238 g/mol.